The van der Waals surface area contributed by atoms with E-state index in [0.717, 1.165) is 35.3 Å². The lowest BCUT2D eigenvalue weighted by atomic mass is 10.1. The molecule has 26 heavy (non-hydrogen) atoms. The van der Waals surface area contributed by atoms with Crippen LogP contribution in [0.1, 0.15) is 49.0 Å². The van der Waals surface area contributed by atoms with Crippen LogP contribution in [0.25, 0.3) is 5.69 Å². The molecule has 1 saturated heterocycles. The van der Waals surface area contributed by atoms with Gasteiger partial charge in [0.1, 0.15) is 0 Å². The Bertz CT molecular complexity index is 812. The maximum absolute atomic E-state index is 12.4. The fraction of sp³-hybridized carbons (Fsp3) is 0.450. The van der Waals surface area contributed by atoms with Gasteiger partial charge in [-0.05, 0) is 45.2 Å². The van der Waals surface area contributed by atoms with E-state index < -0.39 is 0 Å². The van der Waals surface area contributed by atoms with Gasteiger partial charge in [0.15, 0.2) is 0 Å². The molecule has 0 bridgehead atoms. The summed E-state index contributed by atoms with van der Waals surface area (Å²) >= 11 is 0. The largest absolute Gasteiger partial charge is 0.348 e. The summed E-state index contributed by atoms with van der Waals surface area (Å²) in [5.74, 6) is -0.0570. The zero-order valence-corrected chi connectivity index (χ0v) is 15.7. The van der Waals surface area contributed by atoms with Crippen molar-refractivity contribution in [1.82, 2.24) is 20.0 Å². The molecule has 138 valence electrons. The van der Waals surface area contributed by atoms with Gasteiger partial charge in [0.25, 0.3) is 0 Å². The van der Waals surface area contributed by atoms with Crippen molar-refractivity contribution in [2.45, 2.75) is 46.1 Å². The molecule has 0 unspecified atom stereocenters. The second kappa shape index (κ2) is 7.72. The number of nitrogens with zero attached hydrogens (tertiary/aromatic N) is 3. The highest BCUT2D eigenvalue weighted by molar-refractivity contribution is 5.85. The molecule has 1 N–H and O–H groups in total. The topological polar surface area (TPSA) is 67.2 Å². The zero-order chi connectivity index (χ0) is 18.7. The molecule has 1 aliphatic rings. The van der Waals surface area contributed by atoms with Crippen molar-refractivity contribution in [2.75, 3.05) is 13.1 Å². The number of aryl methyl sites for hydroxylation is 1. The molecular weight excluding hydrogens is 328 g/mol. The van der Waals surface area contributed by atoms with E-state index in [4.69, 9.17) is 0 Å². The highest BCUT2D eigenvalue weighted by atomic mass is 16.2. The Kier molecular flexibility index (Phi) is 5.40. The molecule has 1 aliphatic heterocycles. The molecule has 0 radical (unpaired) electrons. The molecule has 0 aliphatic carbocycles. The molecular formula is C20H26N4O2. The van der Waals surface area contributed by atoms with Crippen molar-refractivity contribution in [2.24, 2.45) is 0 Å². The van der Waals surface area contributed by atoms with Gasteiger partial charge in [-0.2, -0.15) is 5.10 Å². The molecule has 6 nitrogen and oxygen atoms in total. The Labute approximate surface area is 154 Å². The lowest BCUT2D eigenvalue weighted by molar-refractivity contribution is -0.138. The number of amides is 2. The molecule has 2 amide bonds. The molecule has 2 heterocycles. The minimum atomic E-state index is -0.167. The molecule has 0 spiro atoms. The summed E-state index contributed by atoms with van der Waals surface area (Å²) in [4.78, 5) is 25.9. The number of benzene rings is 1. The number of aromatic nitrogens is 2. The summed E-state index contributed by atoms with van der Waals surface area (Å²) in [6, 6.07) is 7.91. The fourth-order valence-electron chi connectivity index (χ4n) is 3.46. The predicted octanol–water partition coefficient (Wildman–Crippen LogP) is 2.68. The number of rotatable bonds is 5. The van der Waals surface area contributed by atoms with E-state index in [1.807, 2.05) is 36.7 Å². The van der Waals surface area contributed by atoms with Gasteiger partial charge < -0.3 is 10.2 Å². The summed E-state index contributed by atoms with van der Waals surface area (Å²) in [6.45, 7) is 6.81. The van der Waals surface area contributed by atoms with Crippen molar-refractivity contribution < 1.29 is 9.59 Å². The van der Waals surface area contributed by atoms with Crippen LogP contribution in [0.15, 0.2) is 30.5 Å². The van der Waals surface area contributed by atoms with Crippen molar-refractivity contribution in [3.8, 4) is 5.69 Å². The summed E-state index contributed by atoms with van der Waals surface area (Å²) in [7, 11) is 0. The highest BCUT2D eigenvalue weighted by Crippen LogP contribution is 2.22. The Morgan fingerprint density at radius 3 is 2.77 bits per heavy atom. The zero-order valence-electron chi connectivity index (χ0n) is 15.7. The number of hydrogen-bond acceptors (Lipinski definition) is 3. The summed E-state index contributed by atoms with van der Waals surface area (Å²) in [5.41, 5.74) is 4.16. The SMILES string of the molecule is Cc1ccccc1-n1ncc([C@H](C)NC(=O)CN2CCCCC2=O)c1C. The molecule has 3 rings (SSSR count). The minimum absolute atomic E-state index is 0.0719. The van der Waals surface area contributed by atoms with Crippen LogP contribution >= 0.6 is 0 Å². The third-order valence-electron chi connectivity index (χ3n) is 4.99. The first-order valence-corrected chi connectivity index (χ1v) is 9.15. The van der Waals surface area contributed by atoms with E-state index in [1.165, 1.54) is 0 Å². The van der Waals surface area contributed by atoms with Crippen molar-refractivity contribution in [1.29, 1.82) is 0 Å². The third-order valence-corrected chi connectivity index (χ3v) is 4.99. The standard InChI is InChI=1S/C20H26N4O2/c1-14-8-4-5-9-18(14)24-16(3)17(12-21-24)15(2)22-19(25)13-23-11-7-6-10-20(23)26/h4-5,8-9,12,15H,6-7,10-11,13H2,1-3H3,(H,22,25)/t15-/m0/s1. The Balaban J connectivity index is 1.68. The van der Waals surface area contributed by atoms with Gasteiger partial charge in [-0.15, -0.1) is 0 Å². The first-order valence-electron chi connectivity index (χ1n) is 9.15. The smallest absolute Gasteiger partial charge is 0.240 e. The van der Waals surface area contributed by atoms with Crippen LogP contribution in [0.4, 0.5) is 0 Å². The molecule has 1 aromatic heterocycles. The number of carbonyl (C=O) groups excluding carboxylic acids is 2. The predicted molar refractivity (Wildman–Crippen MR) is 100 cm³/mol. The first kappa shape index (κ1) is 18.2. The number of carbonyl (C=O) groups is 2. The Morgan fingerprint density at radius 1 is 1.27 bits per heavy atom. The van der Waals surface area contributed by atoms with Crippen LogP contribution < -0.4 is 5.32 Å². The van der Waals surface area contributed by atoms with Gasteiger partial charge in [-0.3, -0.25) is 9.59 Å². The van der Waals surface area contributed by atoms with Crippen LogP contribution in [0.2, 0.25) is 0 Å². The maximum atomic E-state index is 12.4. The van der Waals surface area contributed by atoms with Gasteiger partial charge >= 0.3 is 0 Å². The molecule has 6 heteroatoms. The number of piperidine rings is 1. The van der Waals surface area contributed by atoms with Crippen molar-refractivity contribution >= 4 is 11.8 Å². The third kappa shape index (κ3) is 3.79. The van der Waals surface area contributed by atoms with Crippen LogP contribution in [-0.2, 0) is 9.59 Å². The first-order chi connectivity index (χ1) is 12.5. The van der Waals surface area contributed by atoms with E-state index in [2.05, 4.69) is 23.4 Å². The van der Waals surface area contributed by atoms with Crippen LogP contribution in [0.5, 0.6) is 0 Å². The van der Waals surface area contributed by atoms with Gasteiger partial charge in [0, 0.05) is 24.2 Å². The maximum Gasteiger partial charge on any atom is 0.240 e. The molecule has 1 atom stereocenters. The molecule has 1 fully saturated rings. The second-order valence-electron chi connectivity index (χ2n) is 6.95. The summed E-state index contributed by atoms with van der Waals surface area (Å²) in [6.07, 6.45) is 4.24. The quantitative estimate of drug-likeness (QED) is 0.898. The van der Waals surface area contributed by atoms with E-state index >= 15 is 0 Å². The average molecular weight is 354 g/mol. The second-order valence-corrected chi connectivity index (χ2v) is 6.95. The number of likely N-dealkylation sites (tertiary alicyclic amines) is 1. The van der Waals surface area contributed by atoms with E-state index in [9.17, 15) is 9.59 Å². The van der Waals surface area contributed by atoms with Crippen LogP contribution in [0.3, 0.4) is 0 Å². The van der Waals surface area contributed by atoms with E-state index in [-0.39, 0.29) is 24.4 Å². The minimum Gasteiger partial charge on any atom is -0.348 e. The number of para-hydroxylation sites is 1. The lowest BCUT2D eigenvalue weighted by Gasteiger charge is -2.26. The number of hydrogen-bond donors (Lipinski definition) is 1. The average Bonchev–Trinajstić information content (AvgIpc) is 2.99. The molecule has 2 aromatic rings. The van der Waals surface area contributed by atoms with Crippen LogP contribution in [-0.4, -0.2) is 39.6 Å². The van der Waals surface area contributed by atoms with E-state index in [0.29, 0.717) is 13.0 Å². The van der Waals surface area contributed by atoms with Crippen molar-refractivity contribution in [3.63, 3.8) is 0 Å². The number of nitrogens with one attached hydrogen (secondary N) is 1. The van der Waals surface area contributed by atoms with Gasteiger partial charge in [0.05, 0.1) is 24.5 Å². The Morgan fingerprint density at radius 2 is 2.04 bits per heavy atom. The lowest BCUT2D eigenvalue weighted by Crippen LogP contribution is -2.43. The van der Waals surface area contributed by atoms with Gasteiger partial charge in [0.2, 0.25) is 11.8 Å². The normalized spacial score (nSPS) is 15.8. The van der Waals surface area contributed by atoms with Gasteiger partial charge in [-0.1, -0.05) is 18.2 Å². The molecule has 1 aromatic carbocycles. The van der Waals surface area contributed by atoms with E-state index in [1.54, 1.807) is 11.1 Å². The Hall–Kier alpha value is -2.63. The fourth-order valence-corrected chi connectivity index (χ4v) is 3.46. The van der Waals surface area contributed by atoms with Gasteiger partial charge in [-0.25, -0.2) is 4.68 Å². The van der Waals surface area contributed by atoms with Crippen molar-refractivity contribution in [3.05, 3.63) is 47.3 Å². The van der Waals surface area contributed by atoms with Crippen LogP contribution in [0, 0.1) is 13.8 Å². The monoisotopic (exact) mass is 354 g/mol. The highest BCUT2D eigenvalue weighted by Gasteiger charge is 2.22. The molecule has 0 saturated carbocycles. The summed E-state index contributed by atoms with van der Waals surface area (Å²) < 4.78 is 1.90. The summed E-state index contributed by atoms with van der Waals surface area (Å²) in [5, 5.41) is 7.50.